The number of piperidine rings is 1. The van der Waals surface area contributed by atoms with E-state index in [0.717, 1.165) is 12.8 Å². The molecule has 136 valence electrons. The fourth-order valence-corrected chi connectivity index (χ4v) is 3.58. The molecule has 2 aliphatic rings. The highest BCUT2D eigenvalue weighted by Crippen LogP contribution is 2.31. The highest BCUT2D eigenvalue weighted by Gasteiger charge is 2.49. The average Bonchev–Trinajstić information content (AvgIpc) is 2.72. The Labute approximate surface area is 143 Å². The van der Waals surface area contributed by atoms with Crippen molar-refractivity contribution in [3.63, 3.8) is 0 Å². The highest BCUT2D eigenvalue weighted by molar-refractivity contribution is 6.06. The zero-order valence-corrected chi connectivity index (χ0v) is 15.3. The van der Waals surface area contributed by atoms with Crippen LogP contribution in [0.1, 0.15) is 53.9 Å². The van der Waals surface area contributed by atoms with E-state index in [1.54, 1.807) is 6.92 Å². The van der Waals surface area contributed by atoms with Gasteiger partial charge in [0, 0.05) is 0 Å². The van der Waals surface area contributed by atoms with Crippen LogP contribution < -0.4 is 10.6 Å². The minimum Gasteiger partial charge on any atom is -0.459 e. The van der Waals surface area contributed by atoms with Crippen molar-refractivity contribution in [1.82, 2.24) is 15.5 Å². The predicted octanol–water partition coefficient (Wildman–Crippen LogP) is 1.42. The molecule has 2 atom stereocenters. The van der Waals surface area contributed by atoms with Gasteiger partial charge in [0.05, 0.1) is 0 Å². The molecule has 0 unspecified atom stereocenters. The van der Waals surface area contributed by atoms with Crippen LogP contribution in [0.2, 0.25) is 0 Å². The minimum atomic E-state index is -0.850. The van der Waals surface area contributed by atoms with Gasteiger partial charge in [-0.15, -0.1) is 0 Å². The van der Waals surface area contributed by atoms with Crippen molar-refractivity contribution in [3.05, 3.63) is 0 Å². The van der Waals surface area contributed by atoms with Crippen LogP contribution in [-0.2, 0) is 14.3 Å². The van der Waals surface area contributed by atoms with Crippen molar-refractivity contribution >= 4 is 17.9 Å². The molecule has 0 aromatic rings. The first-order chi connectivity index (χ1) is 11.1. The molecule has 7 nitrogen and oxygen atoms in total. The minimum absolute atomic E-state index is 0.0661. The molecule has 0 spiro atoms. The number of rotatable bonds is 4. The van der Waals surface area contributed by atoms with E-state index >= 15 is 0 Å². The third kappa shape index (κ3) is 3.88. The van der Waals surface area contributed by atoms with E-state index in [0.29, 0.717) is 19.5 Å². The van der Waals surface area contributed by atoms with E-state index in [9.17, 15) is 14.4 Å². The van der Waals surface area contributed by atoms with Crippen LogP contribution in [-0.4, -0.2) is 53.1 Å². The van der Waals surface area contributed by atoms with Crippen molar-refractivity contribution in [2.24, 2.45) is 5.92 Å². The number of urea groups is 1. The SMILES string of the molecule is CC[C@@H](C(=O)OC(C)(C)C)N1CCC([C@@]2(C)NC(=O)NC2=O)CC1. The number of hydrogen-bond acceptors (Lipinski definition) is 5. The maximum atomic E-state index is 12.4. The fourth-order valence-electron chi connectivity index (χ4n) is 3.58. The summed E-state index contributed by atoms with van der Waals surface area (Å²) in [4.78, 5) is 38.0. The van der Waals surface area contributed by atoms with E-state index in [-0.39, 0.29) is 23.8 Å². The van der Waals surface area contributed by atoms with Crippen molar-refractivity contribution in [3.8, 4) is 0 Å². The summed E-state index contributed by atoms with van der Waals surface area (Å²) in [5.41, 5.74) is -1.35. The van der Waals surface area contributed by atoms with E-state index in [1.165, 1.54) is 0 Å². The van der Waals surface area contributed by atoms with E-state index in [1.807, 2.05) is 27.7 Å². The molecule has 2 fully saturated rings. The number of ether oxygens (including phenoxy) is 1. The molecular weight excluding hydrogens is 310 g/mol. The number of amides is 3. The van der Waals surface area contributed by atoms with Crippen molar-refractivity contribution in [2.45, 2.75) is 71.1 Å². The van der Waals surface area contributed by atoms with Crippen LogP contribution in [0, 0.1) is 5.92 Å². The Kier molecular flexibility index (Phi) is 5.22. The standard InChI is InChI=1S/C17H29N3O4/c1-6-12(13(21)24-16(2,3)4)20-9-7-11(8-10-20)17(5)14(22)18-15(23)19-17/h11-12H,6-10H2,1-5H3,(H2,18,19,22,23)/t12-,17+/m0/s1. The van der Waals surface area contributed by atoms with Crippen molar-refractivity contribution in [2.75, 3.05) is 13.1 Å². The van der Waals surface area contributed by atoms with Gasteiger partial charge in [-0.2, -0.15) is 0 Å². The van der Waals surface area contributed by atoms with Gasteiger partial charge in [-0.3, -0.25) is 19.8 Å². The lowest BCUT2D eigenvalue weighted by Gasteiger charge is -2.41. The summed E-state index contributed by atoms with van der Waals surface area (Å²) < 4.78 is 5.52. The number of carbonyl (C=O) groups is 3. The number of esters is 1. The Morgan fingerprint density at radius 3 is 2.33 bits per heavy atom. The van der Waals surface area contributed by atoms with E-state index in [2.05, 4.69) is 15.5 Å². The van der Waals surface area contributed by atoms with Gasteiger partial charge in [0.25, 0.3) is 5.91 Å². The van der Waals surface area contributed by atoms with Gasteiger partial charge in [0.2, 0.25) is 0 Å². The number of imide groups is 1. The summed E-state index contributed by atoms with van der Waals surface area (Å²) >= 11 is 0. The van der Waals surface area contributed by atoms with Gasteiger partial charge in [-0.05, 0) is 66.0 Å². The molecule has 0 radical (unpaired) electrons. The number of nitrogens with zero attached hydrogens (tertiary/aromatic N) is 1. The van der Waals surface area contributed by atoms with Gasteiger partial charge in [0.1, 0.15) is 17.2 Å². The summed E-state index contributed by atoms with van der Waals surface area (Å²) in [6.07, 6.45) is 2.20. The second kappa shape index (κ2) is 6.70. The van der Waals surface area contributed by atoms with Crippen LogP contribution >= 0.6 is 0 Å². The number of carbonyl (C=O) groups excluding carboxylic acids is 3. The zero-order valence-electron chi connectivity index (χ0n) is 15.3. The van der Waals surface area contributed by atoms with Crippen LogP contribution in [0.4, 0.5) is 4.79 Å². The molecule has 0 bridgehead atoms. The number of nitrogens with one attached hydrogen (secondary N) is 2. The number of likely N-dealkylation sites (tertiary alicyclic amines) is 1. The first kappa shape index (κ1) is 18.7. The van der Waals surface area contributed by atoms with Crippen LogP contribution in [0.3, 0.4) is 0 Å². The van der Waals surface area contributed by atoms with Crippen LogP contribution in [0.5, 0.6) is 0 Å². The van der Waals surface area contributed by atoms with Gasteiger partial charge in [-0.1, -0.05) is 6.92 Å². The smallest absolute Gasteiger partial charge is 0.323 e. The summed E-state index contributed by atoms with van der Waals surface area (Å²) in [7, 11) is 0. The summed E-state index contributed by atoms with van der Waals surface area (Å²) in [6, 6.07) is -0.685. The molecule has 2 aliphatic heterocycles. The Morgan fingerprint density at radius 2 is 1.92 bits per heavy atom. The topological polar surface area (TPSA) is 87.7 Å². The molecular formula is C17H29N3O4. The fraction of sp³-hybridized carbons (Fsp3) is 0.824. The first-order valence-electron chi connectivity index (χ1n) is 8.67. The lowest BCUT2D eigenvalue weighted by atomic mass is 9.78. The summed E-state index contributed by atoms with van der Waals surface area (Å²) in [6.45, 7) is 10.8. The lowest BCUT2D eigenvalue weighted by molar-refractivity contribution is -0.162. The van der Waals surface area contributed by atoms with Crippen molar-refractivity contribution in [1.29, 1.82) is 0 Å². The second-order valence-electron chi connectivity index (χ2n) is 7.88. The molecule has 0 aliphatic carbocycles. The van der Waals surface area contributed by atoms with Crippen LogP contribution in [0.25, 0.3) is 0 Å². The average molecular weight is 339 g/mol. The predicted molar refractivity (Wildman–Crippen MR) is 89.3 cm³/mol. The molecule has 2 saturated heterocycles. The maximum Gasteiger partial charge on any atom is 0.323 e. The molecule has 2 rings (SSSR count). The maximum absolute atomic E-state index is 12.4. The normalized spacial score (nSPS) is 27.5. The summed E-state index contributed by atoms with van der Waals surface area (Å²) in [5.74, 6) is -0.386. The molecule has 7 heteroatoms. The Morgan fingerprint density at radius 1 is 1.33 bits per heavy atom. The largest absolute Gasteiger partial charge is 0.459 e. The van der Waals surface area contributed by atoms with Gasteiger partial charge in [-0.25, -0.2) is 4.79 Å². The summed E-state index contributed by atoms with van der Waals surface area (Å²) in [5, 5.41) is 5.07. The molecule has 0 aromatic heterocycles. The lowest BCUT2D eigenvalue weighted by Crippen LogP contribution is -2.55. The molecule has 0 saturated carbocycles. The Bertz CT molecular complexity index is 520. The number of hydrogen-bond donors (Lipinski definition) is 2. The zero-order chi connectivity index (χ0) is 18.1. The molecule has 24 heavy (non-hydrogen) atoms. The Hall–Kier alpha value is -1.63. The highest BCUT2D eigenvalue weighted by atomic mass is 16.6. The first-order valence-corrected chi connectivity index (χ1v) is 8.67. The van der Waals surface area contributed by atoms with Crippen molar-refractivity contribution < 1.29 is 19.1 Å². The van der Waals surface area contributed by atoms with Gasteiger partial charge in [0.15, 0.2) is 0 Å². The second-order valence-corrected chi connectivity index (χ2v) is 7.88. The van der Waals surface area contributed by atoms with Gasteiger partial charge >= 0.3 is 12.0 Å². The Balaban J connectivity index is 1.97. The molecule has 2 N–H and O–H groups in total. The quantitative estimate of drug-likeness (QED) is 0.597. The third-order valence-electron chi connectivity index (χ3n) is 4.92. The molecule has 0 aromatic carbocycles. The van der Waals surface area contributed by atoms with E-state index in [4.69, 9.17) is 4.74 Å². The third-order valence-corrected chi connectivity index (χ3v) is 4.92. The van der Waals surface area contributed by atoms with E-state index < -0.39 is 17.2 Å². The molecule has 3 amide bonds. The molecule has 2 heterocycles. The monoisotopic (exact) mass is 339 g/mol. The van der Waals surface area contributed by atoms with Crippen LogP contribution in [0.15, 0.2) is 0 Å². The van der Waals surface area contributed by atoms with Gasteiger partial charge < -0.3 is 10.1 Å².